The third-order valence-corrected chi connectivity index (χ3v) is 5.43. The van der Waals surface area contributed by atoms with Crippen molar-refractivity contribution >= 4 is 23.4 Å². The molecule has 1 aliphatic rings. The molecule has 0 aliphatic carbocycles. The van der Waals surface area contributed by atoms with Crippen molar-refractivity contribution in [2.24, 2.45) is 0 Å². The summed E-state index contributed by atoms with van der Waals surface area (Å²) in [4.78, 5) is 29.3. The first-order chi connectivity index (χ1) is 14.1. The lowest BCUT2D eigenvalue weighted by atomic mass is 10.1. The second kappa shape index (κ2) is 8.53. The van der Waals surface area contributed by atoms with Gasteiger partial charge in [-0.15, -0.1) is 0 Å². The fraction of sp³-hybridized carbons (Fsp3) is 0.217. The van der Waals surface area contributed by atoms with E-state index in [1.165, 1.54) is 0 Å². The minimum absolute atomic E-state index is 0.00449. The Kier molecular flexibility index (Phi) is 5.67. The maximum Gasteiger partial charge on any atom is 0.253 e. The Hall–Kier alpha value is -3.05. The third kappa shape index (κ3) is 4.35. The largest absolute Gasteiger partial charge is 0.337 e. The SMILES string of the molecule is O=C(c1ccc(Cl)cc1)N1CCCN(C(=O)c2ccc(-n3cccc3)cc2)CC1. The van der Waals surface area contributed by atoms with Crippen molar-refractivity contribution in [3.05, 3.63) is 89.2 Å². The van der Waals surface area contributed by atoms with E-state index in [0.29, 0.717) is 42.3 Å². The van der Waals surface area contributed by atoms with Crippen LogP contribution in [0.15, 0.2) is 73.1 Å². The predicted octanol–water partition coefficient (Wildman–Crippen LogP) is 4.12. The second-order valence-corrected chi connectivity index (χ2v) is 7.52. The van der Waals surface area contributed by atoms with E-state index in [2.05, 4.69) is 0 Å². The van der Waals surface area contributed by atoms with Crippen molar-refractivity contribution < 1.29 is 9.59 Å². The Morgan fingerprint density at radius 1 is 0.690 bits per heavy atom. The molecule has 1 aromatic heterocycles. The highest BCUT2D eigenvalue weighted by Crippen LogP contribution is 2.16. The van der Waals surface area contributed by atoms with E-state index in [0.717, 1.165) is 12.1 Å². The summed E-state index contributed by atoms with van der Waals surface area (Å²) in [5.41, 5.74) is 2.30. The first-order valence-electron chi connectivity index (χ1n) is 9.69. The quantitative estimate of drug-likeness (QED) is 0.655. The topological polar surface area (TPSA) is 45.6 Å². The molecule has 0 saturated carbocycles. The third-order valence-electron chi connectivity index (χ3n) is 5.18. The Morgan fingerprint density at radius 2 is 1.17 bits per heavy atom. The fourth-order valence-electron chi connectivity index (χ4n) is 3.56. The van der Waals surface area contributed by atoms with Gasteiger partial charge in [0.15, 0.2) is 0 Å². The molecule has 1 aliphatic heterocycles. The summed E-state index contributed by atoms with van der Waals surface area (Å²) in [5.74, 6) is -0.0168. The second-order valence-electron chi connectivity index (χ2n) is 7.08. The number of benzene rings is 2. The van der Waals surface area contributed by atoms with Crippen LogP contribution in [0.4, 0.5) is 0 Å². The van der Waals surface area contributed by atoms with Crippen LogP contribution < -0.4 is 0 Å². The molecule has 0 radical (unpaired) electrons. The summed E-state index contributed by atoms with van der Waals surface area (Å²) < 4.78 is 2.00. The molecule has 0 atom stereocenters. The molecule has 2 heterocycles. The molecule has 0 N–H and O–H groups in total. The number of hydrogen-bond acceptors (Lipinski definition) is 2. The van der Waals surface area contributed by atoms with Gasteiger partial charge < -0.3 is 14.4 Å². The fourth-order valence-corrected chi connectivity index (χ4v) is 3.69. The molecule has 6 heteroatoms. The minimum Gasteiger partial charge on any atom is -0.337 e. The van der Waals surface area contributed by atoms with Gasteiger partial charge in [0.2, 0.25) is 0 Å². The van der Waals surface area contributed by atoms with Crippen molar-refractivity contribution in [1.29, 1.82) is 0 Å². The molecule has 0 unspecified atom stereocenters. The van der Waals surface area contributed by atoms with Crippen molar-refractivity contribution in [3.8, 4) is 5.69 Å². The molecule has 0 bridgehead atoms. The van der Waals surface area contributed by atoms with Crippen molar-refractivity contribution in [1.82, 2.24) is 14.4 Å². The highest BCUT2D eigenvalue weighted by Gasteiger charge is 2.23. The summed E-state index contributed by atoms with van der Waals surface area (Å²) in [6.45, 7) is 2.33. The molecule has 1 saturated heterocycles. The molecule has 3 aromatic rings. The predicted molar refractivity (Wildman–Crippen MR) is 114 cm³/mol. The van der Waals surface area contributed by atoms with Crippen LogP contribution in [0.1, 0.15) is 27.1 Å². The van der Waals surface area contributed by atoms with Crippen LogP contribution in [0.5, 0.6) is 0 Å². The van der Waals surface area contributed by atoms with Gasteiger partial charge in [0, 0.05) is 60.4 Å². The monoisotopic (exact) mass is 407 g/mol. The number of amides is 2. The van der Waals surface area contributed by atoms with E-state index in [-0.39, 0.29) is 11.8 Å². The van der Waals surface area contributed by atoms with Crippen molar-refractivity contribution in [3.63, 3.8) is 0 Å². The average molecular weight is 408 g/mol. The Morgan fingerprint density at radius 3 is 1.69 bits per heavy atom. The van der Waals surface area contributed by atoms with E-state index in [4.69, 9.17) is 11.6 Å². The summed E-state index contributed by atoms with van der Waals surface area (Å²) in [6.07, 6.45) is 4.70. The molecule has 2 aromatic carbocycles. The lowest BCUT2D eigenvalue weighted by Gasteiger charge is -2.22. The van der Waals surface area contributed by atoms with Gasteiger partial charge in [-0.3, -0.25) is 9.59 Å². The van der Waals surface area contributed by atoms with Crippen LogP contribution in [0.3, 0.4) is 0 Å². The van der Waals surface area contributed by atoms with Crippen LogP contribution >= 0.6 is 11.6 Å². The number of rotatable bonds is 3. The molecule has 1 fully saturated rings. The Balaban J connectivity index is 1.40. The molecule has 29 heavy (non-hydrogen) atoms. The van der Waals surface area contributed by atoms with Gasteiger partial charge in [-0.25, -0.2) is 0 Å². The summed E-state index contributed by atoms with van der Waals surface area (Å²) >= 11 is 5.91. The molecular weight excluding hydrogens is 386 g/mol. The minimum atomic E-state index is -0.0213. The van der Waals surface area contributed by atoms with Crippen LogP contribution in [0.25, 0.3) is 5.69 Å². The van der Waals surface area contributed by atoms with Crippen LogP contribution in [0, 0.1) is 0 Å². The van der Waals surface area contributed by atoms with Gasteiger partial charge in [-0.05, 0) is 67.1 Å². The number of aromatic nitrogens is 1. The Bertz CT molecular complexity index is 982. The number of halogens is 1. The highest BCUT2D eigenvalue weighted by atomic mass is 35.5. The van der Waals surface area contributed by atoms with Gasteiger partial charge in [0.05, 0.1) is 0 Å². The van der Waals surface area contributed by atoms with E-state index >= 15 is 0 Å². The summed E-state index contributed by atoms with van der Waals surface area (Å²) in [5, 5.41) is 0.608. The number of carbonyl (C=O) groups excluding carboxylic acids is 2. The lowest BCUT2D eigenvalue weighted by molar-refractivity contribution is 0.0719. The smallest absolute Gasteiger partial charge is 0.253 e. The number of carbonyl (C=O) groups is 2. The molecule has 148 valence electrons. The van der Waals surface area contributed by atoms with E-state index in [9.17, 15) is 9.59 Å². The van der Waals surface area contributed by atoms with Crippen LogP contribution in [0.2, 0.25) is 5.02 Å². The van der Waals surface area contributed by atoms with E-state index < -0.39 is 0 Å². The summed E-state index contributed by atoms with van der Waals surface area (Å²) in [7, 11) is 0. The van der Waals surface area contributed by atoms with Crippen molar-refractivity contribution in [2.45, 2.75) is 6.42 Å². The first kappa shape index (κ1) is 19.3. The zero-order chi connectivity index (χ0) is 20.2. The zero-order valence-corrected chi connectivity index (χ0v) is 16.8. The van der Waals surface area contributed by atoms with Gasteiger partial charge >= 0.3 is 0 Å². The van der Waals surface area contributed by atoms with Crippen LogP contribution in [-0.4, -0.2) is 52.4 Å². The standard InChI is InChI=1S/C23H22ClN3O2/c24-20-8-4-18(5-9-20)22(28)26-14-3-15-27(17-16-26)23(29)19-6-10-21(11-7-19)25-12-1-2-13-25/h1-2,4-13H,3,14-17H2. The molecule has 4 rings (SSSR count). The highest BCUT2D eigenvalue weighted by molar-refractivity contribution is 6.30. The lowest BCUT2D eigenvalue weighted by Crippen LogP contribution is -2.37. The first-order valence-corrected chi connectivity index (χ1v) is 10.1. The van der Waals surface area contributed by atoms with Gasteiger partial charge in [-0.2, -0.15) is 0 Å². The maximum atomic E-state index is 12.9. The zero-order valence-electron chi connectivity index (χ0n) is 16.0. The number of nitrogens with zero attached hydrogens (tertiary/aromatic N) is 3. The molecule has 2 amide bonds. The summed E-state index contributed by atoms with van der Waals surface area (Å²) in [6, 6.07) is 18.5. The van der Waals surface area contributed by atoms with Gasteiger partial charge in [0.1, 0.15) is 0 Å². The molecule has 0 spiro atoms. The average Bonchev–Trinajstić information content (AvgIpc) is 3.18. The normalized spacial score (nSPS) is 14.5. The Labute approximate surface area is 175 Å². The number of hydrogen-bond donors (Lipinski definition) is 0. The molecule has 5 nitrogen and oxygen atoms in total. The maximum absolute atomic E-state index is 12.9. The van der Waals surface area contributed by atoms with Gasteiger partial charge in [-0.1, -0.05) is 11.6 Å². The van der Waals surface area contributed by atoms with E-state index in [1.54, 1.807) is 24.3 Å². The van der Waals surface area contributed by atoms with Crippen LogP contribution in [-0.2, 0) is 0 Å². The van der Waals surface area contributed by atoms with Gasteiger partial charge in [0.25, 0.3) is 11.8 Å². The van der Waals surface area contributed by atoms with Crippen molar-refractivity contribution in [2.75, 3.05) is 26.2 Å². The molecular formula is C23H22ClN3O2. The van der Waals surface area contributed by atoms with E-state index in [1.807, 2.05) is 63.2 Å².